The van der Waals surface area contributed by atoms with E-state index in [2.05, 4.69) is 4.90 Å². The van der Waals surface area contributed by atoms with Crippen LogP contribution in [-0.4, -0.2) is 287 Å². The summed E-state index contributed by atoms with van der Waals surface area (Å²) in [7, 11) is 9.17. The lowest BCUT2D eigenvalue weighted by atomic mass is 9.84. The summed E-state index contributed by atoms with van der Waals surface area (Å²) in [6.07, 6.45) is 0.148. The molecule has 0 saturated carbocycles. The van der Waals surface area contributed by atoms with Gasteiger partial charge in [-0.25, -0.2) is 0 Å². The summed E-state index contributed by atoms with van der Waals surface area (Å²) in [5.41, 5.74) is 1.08. The minimum Gasteiger partial charge on any atom is -0.507 e. The van der Waals surface area contributed by atoms with Gasteiger partial charge in [-0.2, -0.15) is 0 Å². The number of likely N-dealkylation sites (N-methyl/N-ethyl adjacent to an activating group) is 5. The molecule has 8 aromatic rings. The molecule has 33 heteroatoms. The Morgan fingerprint density at radius 1 is 0.462 bits per heavy atom. The van der Waals surface area contributed by atoms with Gasteiger partial charge in [0.1, 0.15) is 113 Å². The maximum atomic E-state index is 12.8. The Labute approximate surface area is 674 Å². The molecule has 6 aliphatic heterocycles. The molecular formula is C84H112N8O25. The number of aryl methyl sites for hydroxylation is 4. The first-order valence-corrected chi connectivity index (χ1v) is 39.8. The van der Waals surface area contributed by atoms with Crippen molar-refractivity contribution in [2.75, 3.05) is 127 Å². The molecule has 0 aliphatic carbocycles. The first-order valence-electron chi connectivity index (χ1n) is 39.8. The SMILES string of the molecule is CCN(CC)Cc1c(O)c(C2CCN(C)CC2O)c2oc(C)cc(=O)c2c1O.Cc1cc(=O)c2c(O)c(CN(C)CC(=O)O)c(O)c(C3CCN(C)CC3O)c2o1.Cc1cc(=O)c2c(O)c(CN3CC(O)CC3OC=O)c(O)c(C3CCN(C)CC3O)c2o1.Cc1cc(=O)c2c(O)c(CN3CCCC3)c(O)c(C3CCN(C)CC3O)c2o1. The highest BCUT2D eigenvalue weighted by Crippen LogP contribution is 2.51. The molecule has 6 fully saturated rings. The van der Waals surface area contributed by atoms with E-state index in [1.165, 1.54) is 36.2 Å². The number of aliphatic carboxylic acids is 1. The topological polar surface area (TPSA) is 473 Å². The molecule has 6 saturated heterocycles. The predicted molar refractivity (Wildman–Crippen MR) is 433 cm³/mol. The summed E-state index contributed by atoms with van der Waals surface area (Å²) >= 11 is 0. The quantitative estimate of drug-likeness (QED) is 0.0491. The summed E-state index contributed by atoms with van der Waals surface area (Å²) in [6.45, 7) is 19.0. The van der Waals surface area contributed by atoms with E-state index >= 15 is 0 Å². The largest absolute Gasteiger partial charge is 0.507 e. The second kappa shape index (κ2) is 37.2. The average Bonchev–Trinajstić information content (AvgIpc) is 1.63. The van der Waals surface area contributed by atoms with Crippen molar-refractivity contribution in [3.05, 3.63) is 133 Å². The number of carbonyl (C=O) groups is 2. The number of carbonyl (C=O) groups excluding carboxylic acids is 1. The van der Waals surface area contributed by atoms with E-state index < -0.39 is 76.9 Å². The van der Waals surface area contributed by atoms with Gasteiger partial charge in [0.25, 0.3) is 6.47 Å². The van der Waals surface area contributed by atoms with Crippen LogP contribution in [0.1, 0.15) is 150 Å². The van der Waals surface area contributed by atoms with Crippen molar-refractivity contribution in [1.82, 2.24) is 39.2 Å². The molecule has 0 bridgehead atoms. The fourth-order valence-electron chi connectivity index (χ4n) is 17.7. The average molecular weight is 1630 g/mol. The summed E-state index contributed by atoms with van der Waals surface area (Å²) < 4.78 is 28.2. The number of hydrogen-bond donors (Lipinski definition) is 14. The molecule has 6 aliphatic rings. The number of aromatic hydroxyl groups is 8. The smallest absolute Gasteiger partial charge is 0.317 e. The van der Waals surface area contributed by atoms with Crippen LogP contribution in [0.4, 0.5) is 0 Å². The van der Waals surface area contributed by atoms with Gasteiger partial charge in [0.05, 0.1) is 59.3 Å². The maximum absolute atomic E-state index is 12.8. The number of piperidine rings is 4. The fraction of sp³-hybridized carbons (Fsp3) is 0.548. The highest BCUT2D eigenvalue weighted by atomic mass is 16.5. The third-order valence-electron chi connectivity index (χ3n) is 23.7. The fourth-order valence-corrected chi connectivity index (χ4v) is 17.7. The molecule has 117 heavy (non-hydrogen) atoms. The zero-order chi connectivity index (χ0) is 85.2. The van der Waals surface area contributed by atoms with E-state index in [4.69, 9.17) is 27.5 Å². The predicted octanol–water partition coefficient (Wildman–Crippen LogP) is 5.19. The van der Waals surface area contributed by atoms with Crippen LogP contribution < -0.4 is 21.7 Å². The van der Waals surface area contributed by atoms with Crippen molar-refractivity contribution in [3.63, 3.8) is 0 Å². The molecule has 4 aromatic carbocycles. The van der Waals surface area contributed by atoms with Gasteiger partial charge < -0.3 is 113 Å². The zero-order valence-corrected chi connectivity index (χ0v) is 68.2. The zero-order valence-electron chi connectivity index (χ0n) is 68.2. The molecule has 4 aromatic heterocycles. The number of aliphatic hydroxyl groups is 5. The Bertz CT molecular complexity index is 5090. The Balaban J connectivity index is 0.000000153. The second-order valence-corrected chi connectivity index (χ2v) is 32.5. The van der Waals surface area contributed by atoms with Crippen LogP contribution >= 0.6 is 0 Å². The Morgan fingerprint density at radius 2 is 0.769 bits per heavy atom. The van der Waals surface area contributed by atoms with Gasteiger partial charge >= 0.3 is 5.97 Å². The molecular weight excluding hydrogens is 1520 g/mol. The van der Waals surface area contributed by atoms with Gasteiger partial charge in [-0.15, -0.1) is 0 Å². The van der Waals surface area contributed by atoms with E-state index in [9.17, 15) is 95.2 Å². The van der Waals surface area contributed by atoms with Crippen LogP contribution in [0.3, 0.4) is 0 Å². The van der Waals surface area contributed by atoms with Crippen molar-refractivity contribution in [1.29, 1.82) is 0 Å². The van der Waals surface area contributed by atoms with Crippen LogP contribution in [-0.2, 0) is 40.5 Å². The highest BCUT2D eigenvalue weighted by Gasteiger charge is 2.42. The van der Waals surface area contributed by atoms with Crippen LogP contribution in [0.15, 0.2) is 61.1 Å². The normalized spacial score (nSPS) is 23.3. The number of fused-ring (bicyclic) bond motifs is 4. The lowest BCUT2D eigenvalue weighted by Crippen LogP contribution is -2.40. The highest BCUT2D eigenvalue weighted by molar-refractivity contribution is 5.94. The summed E-state index contributed by atoms with van der Waals surface area (Å²) in [6, 6.07) is 5.21. The van der Waals surface area contributed by atoms with Crippen molar-refractivity contribution in [2.24, 2.45) is 0 Å². The molecule has 0 amide bonds. The molecule has 14 N–H and O–H groups in total. The molecule has 14 rings (SSSR count). The lowest BCUT2D eigenvalue weighted by molar-refractivity contribution is -0.141. The molecule has 0 spiro atoms. The standard InChI is InChI=1S/C22H28N2O8.C21H28N2O5.C21H30N2O5.C20H26N2O7/c1-11-5-15(27)19-21(30)14(8-24-7-12(26)6-17(24)31-10-25)20(29)18(22(19)32-11)13-3-4-23(2)9-16(13)28;1-12-9-15(24)18-20(27)14(10-23-6-3-4-7-23)19(26)17(21(18)28-12)13-5-8-22(2)11-16(13)25;1-5-23(6-2)10-14-19(26)17(13-7-8-22(4)11-16(13)25)21-18(20(14)27)15(24)9-12(3)28-21;1-10-6-13(23)17-19(28)12(7-22(3)9-15(25)26)18(27)16(20(17)29-10)11-4-5-21(2)8-14(11)24/h5,10,12-13,16-17,26,28-30H,3-4,6-9H2,1-2H3;9,13,16,25-27H,3-8,10-11H2,1-2H3;9,13,16,25-27H,5-8,10-11H2,1-4H3;6,11,14,24,27-28H,4-5,7-9H2,1-3H3,(H,25,26). The van der Waals surface area contributed by atoms with E-state index in [-0.39, 0.29) is 162 Å². The van der Waals surface area contributed by atoms with E-state index in [1.807, 2.05) is 66.5 Å². The number of rotatable bonds is 18. The third-order valence-corrected chi connectivity index (χ3v) is 23.7. The number of benzene rings is 4. The van der Waals surface area contributed by atoms with E-state index in [1.54, 1.807) is 32.6 Å². The molecule has 10 unspecified atom stereocenters. The first kappa shape index (κ1) is 88.4. The summed E-state index contributed by atoms with van der Waals surface area (Å²) in [4.78, 5) is 87.9. The van der Waals surface area contributed by atoms with Gasteiger partial charge in [-0.1, -0.05) is 13.8 Å². The molecule has 10 heterocycles. The minimum atomic E-state index is -1.06. The van der Waals surface area contributed by atoms with Crippen LogP contribution in [0.5, 0.6) is 46.0 Å². The Hall–Kier alpha value is -9.46. The number of β-amino-alcohol motifs (C(OH)–C–C–N with tert-alkyl or cyclic N) is 5. The van der Waals surface area contributed by atoms with Crippen molar-refractivity contribution < 1.29 is 103 Å². The summed E-state index contributed by atoms with van der Waals surface area (Å²) in [5, 5.41) is 150. The van der Waals surface area contributed by atoms with Gasteiger partial charge in [0.15, 0.2) is 27.9 Å². The van der Waals surface area contributed by atoms with Crippen LogP contribution in [0.25, 0.3) is 43.9 Å². The van der Waals surface area contributed by atoms with Crippen LogP contribution in [0.2, 0.25) is 0 Å². The second-order valence-electron chi connectivity index (χ2n) is 32.5. The Morgan fingerprint density at radius 3 is 1.08 bits per heavy atom. The minimum absolute atomic E-state index is 0.0403. The molecule has 10 atom stereocenters. The number of likely N-dealkylation sites (tertiary alicyclic amines) is 6. The maximum Gasteiger partial charge on any atom is 0.317 e. The lowest BCUT2D eigenvalue weighted by Gasteiger charge is -2.35. The van der Waals surface area contributed by atoms with Crippen molar-refractivity contribution in [2.45, 2.75) is 173 Å². The number of nitrogens with zero attached hydrogens (tertiary/aromatic N) is 8. The number of phenolic OH excluding ortho intramolecular Hbond substituents is 8. The van der Waals surface area contributed by atoms with Crippen molar-refractivity contribution >= 4 is 56.3 Å². The molecule has 33 nitrogen and oxygen atoms in total. The number of carboxylic acids is 1. The van der Waals surface area contributed by atoms with Crippen molar-refractivity contribution in [3.8, 4) is 46.0 Å². The number of aliphatic hydroxyl groups excluding tert-OH is 5. The molecule has 638 valence electrons. The molecule has 0 radical (unpaired) electrons. The van der Waals surface area contributed by atoms with Crippen LogP contribution in [0, 0.1) is 27.7 Å². The number of phenols is 8. The monoisotopic (exact) mass is 1630 g/mol. The van der Waals surface area contributed by atoms with Gasteiger partial charge in [0.2, 0.25) is 0 Å². The number of ether oxygens (including phenoxy) is 1. The number of hydrogen-bond acceptors (Lipinski definition) is 32. The van der Waals surface area contributed by atoms with E-state index in [0.717, 1.165) is 52.1 Å². The van der Waals surface area contributed by atoms with Gasteiger partial charge in [-0.05, 0) is 154 Å². The third kappa shape index (κ3) is 18.8. The number of carboxylic acid groups (broad SMARTS) is 1. The van der Waals surface area contributed by atoms with E-state index in [0.29, 0.717) is 123 Å². The Kier molecular flexibility index (Phi) is 28.1. The van der Waals surface area contributed by atoms with Gasteiger partial charge in [-0.3, -0.25) is 48.4 Å². The van der Waals surface area contributed by atoms with Gasteiger partial charge in [0, 0.05) is 136 Å². The summed E-state index contributed by atoms with van der Waals surface area (Å²) in [5.74, 6) is -3.36. The first-order chi connectivity index (χ1) is 55.4.